The van der Waals surface area contributed by atoms with Crippen LogP contribution in [0.1, 0.15) is 32.9 Å². The fourth-order valence-corrected chi connectivity index (χ4v) is 5.41. The van der Waals surface area contributed by atoms with E-state index in [1.807, 2.05) is 31.2 Å². The number of carbonyl (C=O) groups is 1. The third kappa shape index (κ3) is 4.37. The summed E-state index contributed by atoms with van der Waals surface area (Å²) in [5.41, 5.74) is 3.05. The molecule has 3 aromatic heterocycles. The molecule has 40 heavy (non-hydrogen) atoms. The molecule has 6 rings (SSSR count). The zero-order chi connectivity index (χ0) is 28.2. The van der Waals surface area contributed by atoms with Crippen LogP contribution in [0, 0.1) is 6.92 Å². The third-order valence-corrected chi connectivity index (χ3v) is 7.17. The van der Waals surface area contributed by atoms with E-state index in [4.69, 9.17) is 4.74 Å². The number of ether oxygens (including phenoxy) is 1. The summed E-state index contributed by atoms with van der Waals surface area (Å²) in [6, 6.07) is 10.9. The van der Waals surface area contributed by atoms with Gasteiger partial charge in [0.05, 0.1) is 30.3 Å². The lowest BCUT2D eigenvalue weighted by Gasteiger charge is -2.31. The first-order chi connectivity index (χ1) is 19.1. The maximum absolute atomic E-state index is 14.1. The van der Waals surface area contributed by atoms with E-state index >= 15 is 0 Å². The smallest absolute Gasteiger partial charge is 0.435 e. The maximum Gasteiger partial charge on any atom is 0.435 e. The number of nitrogens with zero attached hydrogens (tertiary/aromatic N) is 6. The van der Waals surface area contributed by atoms with Gasteiger partial charge in [0, 0.05) is 55.2 Å². The number of halogens is 3. The summed E-state index contributed by atoms with van der Waals surface area (Å²) in [5.74, 6) is 0.311. The van der Waals surface area contributed by atoms with Gasteiger partial charge in [0.15, 0.2) is 5.69 Å². The molecular weight excluding hydrogens is 521 g/mol. The molecule has 1 aliphatic rings. The Hall–Kier alpha value is -4.67. The normalized spacial score (nSPS) is 13.7. The first kappa shape index (κ1) is 25.6. The minimum atomic E-state index is -4.65. The van der Waals surface area contributed by atoms with Crippen molar-refractivity contribution in [1.82, 2.24) is 24.3 Å². The van der Waals surface area contributed by atoms with Crippen LogP contribution in [-0.4, -0.2) is 43.9 Å². The van der Waals surface area contributed by atoms with Crippen molar-refractivity contribution in [2.75, 3.05) is 18.6 Å². The van der Waals surface area contributed by atoms with Gasteiger partial charge in [-0.25, -0.2) is 9.97 Å². The summed E-state index contributed by atoms with van der Waals surface area (Å²) in [4.78, 5) is 24.5. The van der Waals surface area contributed by atoms with E-state index in [9.17, 15) is 18.0 Å². The van der Waals surface area contributed by atoms with Crippen LogP contribution in [0.5, 0.6) is 5.75 Å². The number of aromatic nitrogens is 5. The monoisotopic (exact) mass is 546 g/mol. The van der Waals surface area contributed by atoms with Crippen molar-refractivity contribution in [3.63, 3.8) is 0 Å². The van der Waals surface area contributed by atoms with Gasteiger partial charge < -0.3 is 14.2 Å². The Kier molecular flexibility index (Phi) is 6.09. The van der Waals surface area contributed by atoms with Crippen LogP contribution in [0.2, 0.25) is 0 Å². The molecule has 5 aromatic rings. The number of pyridine rings is 1. The molecule has 204 valence electrons. The molecule has 0 unspecified atom stereocenters. The summed E-state index contributed by atoms with van der Waals surface area (Å²) in [6.07, 6.45) is 2.08. The molecule has 4 heterocycles. The van der Waals surface area contributed by atoms with Crippen molar-refractivity contribution in [1.29, 1.82) is 0 Å². The first-order valence-corrected chi connectivity index (χ1v) is 12.6. The van der Waals surface area contributed by atoms with Gasteiger partial charge in [0.25, 0.3) is 5.91 Å². The van der Waals surface area contributed by atoms with Crippen molar-refractivity contribution in [2.24, 2.45) is 7.05 Å². The minimum absolute atomic E-state index is 0.0467. The highest BCUT2D eigenvalue weighted by molar-refractivity contribution is 6.13. The summed E-state index contributed by atoms with van der Waals surface area (Å²) in [6.45, 7) is 2.48. The number of amides is 1. The lowest BCUT2D eigenvalue weighted by atomic mass is 9.87. The number of aryl methyl sites for hydroxylation is 2. The second kappa shape index (κ2) is 9.51. The van der Waals surface area contributed by atoms with E-state index in [1.54, 1.807) is 47.4 Å². The van der Waals surface area contributed by atoms with Gasteiger partial charge in [0.1, 0.15) is 5.75 Å². The van der Waals surface area contributed by atoms with Crippen LogP contribution >= 0.6 is 0 Å². The zero-order valence-electron chi connectivity index (χ0n) is 22.0. The van der Waals surface area contributed by atoms with Gasteiger partial charge in [-0.2, -0.15) is 18.3 Å². The molecule has 0 aliphatic carbocycles. The van der Waals surface area contributed by atoms with Crippen LogP contribution in [0.15, 0.2) is 61.3 Å². The Morgan fingerprint density at radius 3 is 2.62 bits per heavy atom. The molecule has 2 aromatic carbocycles. The standard InChI is InChI=1S/C29H25F3N6O2/c1-17-26(40-3)13-22-24(34-17)5-4-6-25(22)38-9-7-19-20(23-15-36(2)35-27(23)29(30,31)32)11-18(12-21(19)28(38)39)14-37-10-8-33-16-37/h4-6,8,10-13,15-16H,7,9,14H2,1-3H3. The number of hydrogen-bond acceptors (Lipinski definition) is 5. The summed E-state index contributed by atoms with van der Waals surface area (Å²) >= 11 is 0. The van der Waals surface area contributed by atoms with E-state index in [2.05, 4.69) is 15.1 Å². The summed E-state index contributed by atoms with van der Waals surface area (Å²) < 4.78 is 50.4. The molecular formula is C29H25F3N6O2. The van der Waals surface area contributed by atoms with Gasteiger partial charge >= 0.3 is 6.18 Å². The topological polar surface area (TPSA) is 78.1 Å². The van der Waals surface area contributed by atoms with Crippen molar-refractivity contribution < 1.29 is 22.7 Å². The average molecular weight is 547 g/mol. The van der Waals surface area contributed by atoms with Crippen LogP contribution in [0.3, 0.4) is 0 Å². The molecule has 8 nitrogen and oxygen atoms in total. The van der Waals surface area contributed by atoms with Crippen molar-refractivity contribution >= 4 is 22.5 Å². The quantitative estimate of drug-likeness (QED) is 0.294. The molecule has 0 bridgehead atoms. The summed E-state index contributed by atoms with van der Waals surface area (Å²) in [7, 11) is 3.02. The third-order valence-electron chi connectivity index (χ3n) is 7.17. The molecule has 0 N–H and O–H groups in total. The Bertz CT molecular complexity index is 1760. The number of fused-ring (bicyclic) bond motifs is 2. The number of alkyl halides is 3. The van der Waals surface area contributed by atoms with Crippen LogP contribution in [0.4, 0.5) is 18.9 Å². The highest BCUT2D eigenvalue weighted by atomic mass is 19.4. The van der Waals surface area contributed by atoms with E-state index in [-0.39, 0.29) is 18.0 Å². The van der Waals surface area contributed by atoms with E-state index in [0.29, 0.717) is 52.2 Å². The largest absolute Gasteiger partial charge is 0.495 e. The Balaban J connectivity index is 1.52. The molecule has 1 aliphatic heterocycles. The highest BCUT2D eigenvalue weighted by Crippen LogP contribution is 2.41. The molecule has 0 radical (unpaired) electrons. The van der Waals surface area contributed by atoms with Crippen LogP contribution in [-0.2, 0) is 26.2 Å². The van der Waals surface area contributed by atoms with Crippen molar-refractivity contribution in [3.05, 3.63) is 89.4 Å². The second-order valence-electron chi connectivity index (χ2n) is 9.79. The van der Waals surface area contributed by atoms with Crippen LogP contribution < -0.4 is 9.64 Å². The number of methoxy groups -OCH3 is 1. The minimum Gasteiger partial charge on any atom is -0.495 e. The Morgan fingerprint density at radius 2 is 1.90 bits per heavy atom. The lowest BCUT2D eigenvalue weighted by molar-refractivity contribution is -0.140. The number of benzene rings is 2. The fourth-order valence-electron chi connectivity index (χ4n) is 5.41. The van der Waals surface area contributed by atoms with E-state index in [1.165, 1.54) is 13.2 Å². The van der Waals surface area contributed by atoms with Gasteiger partial charge in [-0.3, -0.25) is 9.48 Å². The van der Waals surface area contributed by atoms with E-state index < -0.39 is 11.9 Å². The molecule has 0 atom stereocenters. The predicted octanol–water partition coefficient (Wildman–Crippen LogP) is 5.42. The summed E-state index contributed by atoms with van der Waals surface area (Å²) in [5, 5.41) is 4.47. The maximum atomic E-state index is 14.1. The highest BCUT2D eigenvalue weighted by Gasteiger charge is 2.39. The molecule has 0 fully saturated rings. The number of rotatable bonds is 5. The van der Waals surface area contributed by atoms with Gasteiger partial charge in [-0.15, -0.1) is 0 Å². The molecule has 0 saturated heterocycles. The second-order valence-corrected chi connectivity index (χ2v) is 9.79. The Morgan fingerprint density at radius 1 is 1.10 bits per heavy atom. The van der Waals surface area contributed by atoms with Crippen molar-refractivity contribution in [2.45, 2.75) is 26.1 Å². The fraction of sp³-hybridized carbons (Fsp3) is 0.241. The first-order valence-electron chi connectivity index (χ1n) is 12.6. The number of hydrogen-bond donors (Lipinski definition) is 0. The van der Waals surface area contributed by atoms with Gasteiger partial charge in [-0.05, 0) is 60.4 Å². The van der Waals surface area contributed by atoms with E-state index in [0.717, 1.165) is 15.8 Å². The lowest BCUT2D eigenvalue weighted by Crippen LogP contribution is -2.38. The molecule has 0 spiro atoms. The predicted molar refractivity (Wildman–Crippen MR) is 143 cm³/mol. The molecule has 0 saturated carbocycles. The Labute approximate surface area is 227 Å². The molecule has 11 heteroatoms. The SMILES string of the molecule is COc1cc2c(N3CCc4c(cc(Cn5ccnc5)cc4-c4cn(C)nc4C(F)(F)F)C3=O)cccc2nc1C. The number of carbonyl (C=O) groups excluding carboxylic acids is 1. The number of imidazole rings is 1. The molecule has 1 amide bonds. The number of anilines is 1. The van der Waals surface area contributed by atoms with Crippen LogP contribution in [0.25, 0.3) is 22.0 Å². The average Bonchev–Trinajstić information content (AvgIpc) is 3.57. The van der Waals surface area contributed by atoms with Gasteiger partial charge in [0.2, 0.25) is 0 Å². The zero-order valence-corrected chi connectivity index (χ0v) is 22.0. The van der Waals surface area contributed by atoms with Gasteiger partial charge in [-0.1, -0.05) is 6.07 Å². The van der Waals surface area contributed by atoms with Crippen molar-refractivity contribution in [3.8, 4) is 16.9 Å².